The summed E-state index contributed by atoms with van der Waals surface area (Å²) in [6, 6.07) is 17.3. The Bertz CT molecular complexity index is 940. The zero-order valence-electron chi connectivity index (χ0n) is 16.8. The van der Waals surface area contributed by atoms with Crippen LogP contribution in [0.2, 0.25) is 0 Å². The summed E-state index contributed by atoms with van der Waals surface area (Å²) in [4.78, 5) is 10.6. The van der Waals surface area contributed by atoms with Crippen molar-refractivity contribution in [2.45, 2.75) is 37.7 Å². The van der Waals surface area contributed by atoms with Crippen molar-refractivity contribution >= 4 is 5.97 Å². The Morgan fingerprint density at radius 1 is 1.10 bits per heavy atom. The lowest BCUT2D eigenvalue weighted by molar-refractivity contribution is -0.194. The van der Waals surface area contributed by atoms with Crippen LogP contribution in [0.4, 0.5) is 0 Å². The molecule has 30 heavy (non-hydrogen) atoms. The second kappa shape index (κ2) is 8.47. The van der Waals surface area contributed by atoms with Crippen molar-refractivity contribution in [3.8, 4) is 17.6 Å². The van der Waals surface area contributed by atoms with E-state index < -0.39 is 5.97 Å². The molecule has 0 aromatic heterocycles. The lowest BCUT2D eigenvalue weighted by Gasteiger charge is -2.53. The molecule has 2 aromatic rings. The maximum atomic E-state index is 10.6. The van der Waals surface area contributed by atoms with Crippen LogP contribution in [0.15, 0.2) is 48.5 Å². The fourth-order valence-electron chi connectivity index (χ4n) is 4.51. The molecule has 6 nitrogen and oxygen atoms in total. The second-order valence-corrected chi connectivity index (χ2v) is 8.25. The number of hydrogen-bond acceptors (Lipinski definition) is 5. The van der Waals surface area contributed by atoms with Crippen molar-refractivity contribution in [3.05, 3.63) is 59.7 Å². The number of carboxylic acids is 1. The van der Waals surface area contributed by atoms with Gasteiger partial charge in [-0.2, -0.15) is 5.26 Å². The average Bonchev–Trinajstić information content (AvgIpc) is 2.78. The Morgan fingerprint density at radius 3 is 2.50 bits per heavy atom. The third kappa shape index (κ3) is 4.33. The minimum atomic E-state index is -0.934. The molecule has 2 saturated heterocycles. The first-order valence-corrected chi connectivity index (χ1v) is 10.2. The first kappa shape index (κ1) is 20.4. The number of fused-ring (bicyclic) bond motifs is 3. The number of benzene rings is 2. The molecule has 0 amide bonds. The maximum absolute atomic E-state index is 10.6. The number of aliphatic carboxylic acids is 1. The largest absolute Gasteiger partial charge is 0.480 e. The molecule has 2 aliphatic heterocycles. The van der Waals surface area contributed by atoms with Gasteiger partial charge in [-0.15, -0.1) is 0 Å². The lowest BCUT2D eigenvalue weighted by Crippen LogP contribution is -2.49. The van der Waals surface area contributed by atoms with Gasteiger partial charge in [0.1, 0.15) is 18.1 Å². The van der Waals surface area contributed by atoms with E-state index in [1.54, 1.807) is 12.1 Å². The second-order valence-electron chi connectivity index (χ2n) is 8.25. The van der Waals surface area contributed by atoms with Crippen LogP contribution < -0.4 is 4.74 Å². The molecule has 2 bridgehead atoms. The van der Waals surface area contributed by atoms with Crippen molar-refractivity contribution in [1.82, 2.24) is 0 Å². The predicted octanol–water partition coefficient (Wildman–Crippen LogP) is 4.63. The molecule has 0 unspecified atom stereocenters. The van der Waals surface area contributed by atoms with Crippen molar-refractivity contribution in [3.63, 3.8) is 0 Å². The summed E-state index contributed by atoms with van der Waals surface area (Å²) in [6.07, 6.45) is 4.77. The fourth-order valence-corrected chi connectivity index (χ4v) is 4.51. The number of hydrogen-bond donors (Lipinski definition) is 1. The van der Waals surface area contributed by atoms with E-state index in [1.807, 2.05) is 30.3 Å². The van der Waals surface area contributed by atoms with Crippen LogP contribution in [0.3, 0.4) is 0 Å². The van der Waals surface area contributed by atoms with Crippen LogP contribution >= 0.6 is 0 Å². The number of carbonyl (C=O) groups is 1. The van der Waals surface area contributed by atoms with E-state index in [1.165, 1.54) is 0 Å². The molecule has 2 aromatic carbocycles. The third-order valence-corrected chi connectivity index (χ3v) is 6.33. The van der Waals surface area contributed by atoms with Crippen LogP contribution in [0.25, 0.3) is 0 Å². The number of nitrogens with zero attached hydrogens (tertiary/aromatic N) is 1. The molecule has 156 valence electrons. The molecule has 3 fully saturated rings. The number of carboxylic acid groups (broad SMARTS) is 1. The van der Waals surface area contributed by atoms with Gasteiger partial charge < -0.3 is 19.3 Å². The lowest BCUT2D eigenvalue weighted by atomic mass is 9.63. The smallest absolute Gasteiger partial charge is 0.329 e. The maximum Gasteiger partial charge on any atom is 0.329 e. The third-order valence-electron chi connectivity index (χ3n) is 6.33. The molecule has 0 spiro atoms. The van der Waals surface area contributed by atoms with E-state index in [2.05, 4.69) is 12.1 Å². The Kier molecular flexibility index (Phi) is 5.76. The van der Waals surface area contributed by atoms with Crippen LogP contribution in [0.5, 0.6) is 11.5 Å². The van der Waals surface area contributed by atoms with Gasteiger partial charge in [0, 0.05) is 6.61 Å². The first-order chi connectivity index (χ1) is 14.5. The summed E-state index contributed by atoms with van der Waals surface area (Å²) in [6.45, 7) is 0.872. The number of nitriles is 1. The summed E-state index contributed by atoms with van der Waals surface area (Å²) in [5.41, 5.74) is 1.48. The first-order valence-electron chi connectivity index (χ1n) is 10.2. The molecule has 1 saturated carbocycles. The molecule has 6 heteroatoms. The van der Waals surface area contributed by atoms with Gasteiger partial charge in [0.25, 0.3) is 0 Å². The van der Waals surface area contributed by atoms with E-state index in [9.17, 15) is 4.79 Å². The fraction of sp³-hybridized carbons (Fsp3) is 0.417. The Balaban J connectivity index is 1.41. The summed E-state index contributed by atoms with van der Waals surface area (Å²) in [7, 11) is 0. The van der Waals surface area contributed by atoms with Crippen molar-refractivity contribution in [2.24, 2.45) is 5.41 Å². The standard InChI is InChI=1S/C24H25NO5/c25-15-18-3-1-5-20(13-18)30-21-6-2-4-19(14-21)24-9-7-23(8-10-24,17-29-24)11-12-28-16-22(26)27/h1-6,13-14H,7-12,16-17H2,(H,26,27). The highest BCUT2D eigenvalue weighted by Gasteiger charge is 2.50. The van der Waals surface area contributed by atoms with Gasteiger partial charge in [0.2, 0.25) is 0 Å². The molecule has 0 atom stereocenters. The zero-order chi connectivity index (χ0) is 21.0. The summed E-state index contributed by atoms with van der Waals surface area (Å²) in [5, 5.41) is 17.8. The summed E-state index contributed by atoms with van der Waals surface area (Å²) >= 11 is 0. The van der Waals surface area contributed by atoms with Crippen molar-refractivity contribution < 1.29 is 24.1 Å². The SMILES string of the molecule is N#Cc1cccc(Oc2cccc(C34CCC(CCOCC(=O)O)(CC3)CO4)c2)c1. The number of rotatable bonds is 8. The minimum absolute atomic E-state index is 0.0894. The molecular weight excluding hydrogens is 382 g/mol. The monoisotopic (exact) mass is 407 g/mol. The van der Waals surface area contributed by atoms with Crippen molar-refractivity contribution in [2.75, 3.05) is 19.8 Å². The topological polar surface area (TPSA) is 88.8 Å². The van der Waals surface area contributed by atoms with Gasteiger partial charge >= 0.3 is 5.97 Å². The highest BCUT2D eigenvalue weighted by atomic mass is 16.5. The molecule has 2 heterocycles. The molecule has 0 radical (unpaired) electrons. The van der Waals surface area contributed by atoms with Crippen molar-refractivity contribution in [1.29, 1.82) is 5.26 Å². The van der Waals surface area contributed by atoms with Gasteiger partial charge in [0.15, 0.2) is 0 Å². The van der Waals surface area contributed by atoms with E-state index in [0.717, 1.165) is 43.4 Å². The highest BCUT2D eigenvalue weighted by Crippen LogP contribution is 2.55. The number of ether oxygens (including phenoxy) is 3. The van der Waals surface area contributed by atoms with Crippen LogP contribution in [0, 0.1) is 16.7 Å². The molecular formula is C24H25NO5. The molecule has 1 aliphatic carbocycles. The van der Waals surface area contributed by atoms with Crippen LogP contribution in [0.1, 0.15) is 43.2 Å². The van der Waals surface area contributed by atoms with E-state index in [0.29, 0.717) is 24.5 Å². The Labute approximate surface area is 176 Å². The van der Waals surface area contributed by atoms with Gasteiger partial charge in [0.05, 0.1) is 23.8 Å². The van der Waals surface area contributed by atoms with Gasteiger partial charge in [-0.25, -0.2) is 4.79 Å². The summed E-state index contributed by atoms with van der Waals surface area (Å²) < 4.78 is 17.6. The predicted molar refractivity (Wildman–Crippen MR) is 109 cm³/mol. The van der Waals surface area contributed by atoms with Crippen LogP contribution in [-0.2, 0) is 19.9 Å². The zero-order valence-corrected chi connectivity index (χ0v) is 16.8. The Morgan fingerprint density at radius 2 is 1.83 bits per heavy atom. The molecule has 1 N–H and O–H groups in total. The summed E-state index contributed by atoms with van der Waals surface area (Å²) in [5.74, 6) is 0.429. The average molecular weight is 407 g/mol. The molecule has 3 aliphatic rings. The van der Waals surface area contributed by atoms with E-state index >= 15 is 0 Å². The van der Waals surface area contributed by atoms with Crippen LogP contribution in [-0.4, -0.2) is 30.9 Å². The molecule has 5 rings (SSSR count). The van der Waals surface area contributed by atoms with Gasteiger partial charge in [-0.1, -0.05) is 18.2 Å². The van der Waals surface area contributed by atoms with E-state index in [4.69, 9.17) is 24.6 Å². The highest BCUT2D eigenvalue weighted by molar-refractivity contribution is 5.67. The van der Waals surface area contributed by atoms with Gasteiger partial charge in [-0.05, 0) is 73.4 Å². The minimum Gasteiger partial charge on any atom is -0.480 e. The quantitative estimate of drug-likeness (QED) is 0.642. The Hall–Kier alpha value is -2.88. The van der Waals surface area contributed by atoms with Gasteiger partial charge in [-0.3, -0.25) is 0 Å². The van der Waals surface area contributed by atoms with E-state index in [-0.39, 0.29) is 17.6 Å². The normalized spacial score (nSPS) is 24.9.